The fourth-order valence-electron chi connectivity index (χ4n) is 2.74. The van der Waals surface area contributed by atoms with Gasteiger partial charge in [-0.15, -0.1) is 0 Å². The quantitative estimate of drug-likeness (QED) is 0.849. The minimum atomic E-state index is -0.0292. The van der Waals surface area contributed by atoms with E-state index in [1.807, 2.05) is 0 Å². The number of hydrogen-bond acceptors (Lipinski definition) is 2. The van der Waals surface area contributed by atoms with E-state index < -0.39 is 0 Å². The van der Waals surface area contributed by atoms with Crippen LogP contribution in [0.25, 0.3) is 0 Å². The van der Waals surface area contributed by atoms with Crippen molar-refractivity contribution in [2.24, 2.45) is 0 Å². The summed E-state index contributed by atoms with van der Waals surface area (Å²) in [6, 6.07) is 9.14. The molecule has 0 saturated carbocycles. The van der Waals surface area contributed by atoms with Crippen molar-refractivity contribution < 1.29 is 9.69 Å². The minimum Gasteiger partial charge on any atom is -0.349 e. The molecule has 1 aromatic rings. The van der Waals surface area contributed by atoms with Crippen LogP contribution in [0.3, 0.4) is 0 Å². The summed E-state index contributed by atoms with van der Waals surface area (Å²) in [5.74, 6) is -0.0292. The van der Waals surface area contributed by atoms with E-state index in [1.54, 1.807) is 29.2 Å². The van der Waals surface area contributed by atoms with E-state index in [2.05, 4.69) is 18.3 Å². The van der Waals surface area contributed by atoms with Gasteiger partial charge in [0.15, 0.2) is 0 Å². The zero-order valence-electron chi connectivity index (χ0n) is 12.0. The smallest absolute Gasteiger partial charge is 0.251 e. The third-order valence-corrected chi connectivity index (χ3v) is 3.91. The van der Waals surface area contributed by atoms with Crippen molar-refractivity contribution in [2.45, 2.75) is 32.2 Å². The summed E-state index contributed by atoms with van der Waals surface area (Å²) in [5.41, 5.74) is 1.21. The van der Waals surface area contributed by atoms with E-state index in [0.717, 1.165) is 25.9 Å². The third-order valence-electron chi connectivity index (χ3n) is 3.91. The first-order valence-electron chi connectivity index (χ1n) is 7.37. The van der Waals surface area contributed by atoms with Gasteiger partial charge < -0.3 is 10.2 Å². The van der Waals surface area contributed by atoms with Gasteiger partial charge in [-0.3, -0.25) is 4.79 Å². The number of nitrogens with one attached hydrogen (secondary N) is 2. The van der Waals surface area contributed by atoms with Crippen LogP contribution in [0.1, 0.15) is 42.1 Å². The number of likely N-dealkylation sites (tertiary alicyclic amines) is 1. The van der Waals surface area contributed by atoms with Crippen molar-refractivity contribution in [3.05, 3.63) is 35.4 Å². The fourth-order valence-corrected chi connectivity index (χ4v) is 2.74. The van der Waals surface area contributed by atoms with Crippen LogP contribution >= 0.6 is 0 Å². The van der Waals surface area contributed by atoms with Crippen LogP contribution in [-0.2, 0) is 0 Å². The highest BCUT2D eigenvalue weighted by molar-refractivity contribution is 5.94. The maximum Gasteiger partial charge on any atom is 0.251 e. The number of hydrogen-bond donors (Lipinski definition) is 2. The fraction of sp³-hybridized carbons (Fsp3) is 0.500. The van der Waals surface area contributed by atoms with E-state index in [9.17, 15) is 4.79 Å². The number of piperidine rings is 1. The van der Waals surface area contributed by atoms with E-state index in [1.165, 1.54) is 13.0 Å². The molecule has 106 valence electrons. The molecule has 2 rings (SSSR count). The van der Waals surface area contributed by atoms with E-state index in [-0.39, 0.29) is 5.91 Å². The molecule has 1 aromatic carbocycles. The lowest BCUT2D eigenvalue weighted by atomic mass is 10.0. The average molecular weight is 272 g/mol. The zero-order valence-corrected chi connectivity index (χ0v) is 12.0. The summed E-state index contributed by atoms with van der Waals surface area (Å²) >= 11 is 0. The minimum absolute atomic E-state index is 0.0292. The number of benzene rings is 1. The summed E-state index contributed by atoms with van der Waals surface area (Å²) in [7, 11) is 0. The number of carbonyl (C=O) groups is 1. The lowest BCUT2D eigenvalue weighted by Gasteiger charge is -2.29. The predicted molar refractivity (Wildman–Crippen MR) is 77.5 cm³/mol. The van der Waals surface area contributed by atoms with Gasteiger partial charge in [-0.25, -0.2) is 0 Å². The maximum atomic E-state index is 12.1. The molecule has 1 heterocycles. The Hall–Kier alpha value is -1.86. The van der Waals surface area contributed by atoms with Crippen molar-refractivity contribution in [2.75, 3.05) is 19.6 Å². The average Bonchev–Trinajstić information content (AvgIpc) is 2.49. The summed E-state index contributed by atoms with van der Waals surface area (Å²) < 4.78 is 0. The van der Waals surface area contributed by atoms with Crippen molar-refractivity contribution in [3.63, 3.8) is 0 Å². The van der Waals surface area contributed by atoms with Crippen LogP contribution < -0.4 is 10.2 Å². The summed E-state index contributed by atoms with van der Waals surface area (Å²) in [5, 5.41) is 11.8. The molecule has 0 bridgehead atoms. The molecule has 4 heteroatoms. The van der Waals surface area contributed by atoms with Gasteiger partial charge in [0.2, 0.25) is 0 Å². The Morgan fingerprint density at radius 3 is 2.55 bits per heavy atom. The van der Waals surface area contributed by atoms with Gasteiger partial charge in [0.05, 0.1) is 31.3 Å². The molecule has 1 aliphatic heterocycles. The largest absolute Gasteiger partial charge is 0.349 e. The Kier molecular flexibility index (Phi) is 5.14. The first-order valence-corrected chi connectivity index (χ1v) is 7.37. The normalized spacial score (nSPS) is 22.0. The maximum absolute atomic E-state index is 12.1. The van der Waals surface area contributed by atoms with Gasteiger partial charge in [-0.05, 0) is 30.7 Å². The van der Waals surface area contributed by atoms with Gasteiger partial charge in [0.1, 0.15) is 0 Å². The van der Waals surface area contributed by atoms with Crippen LogP contribution in [-0.4, -0.2) is 31.6 Å². The van der Waals surface area contributed by atoms with Crippen molar-refractivity contribution in [3.8, 4) is 6.07 Å². The van der Waals surface area contributed by atoms with E-state index in [4.69, 9.17) is 5.26 Å². The molecule has 0 aromatic heterocycles. The Balaban J connectivity index is 1.84. The molecular weight excluding hydrogens is 250 g/mol. The SMILES string of the molecule is CCC[NH+]1CCC(NC(=O)c2ccc(C#N)cc2)CC1. The second-order valence-electron chi connectivity index (χ2n) is 5.44. The number of nitrogens with zero attached hydrogens (tertiary/aromatic N) is 1. The van der Waals surface area contributed by atoms with Crippen LogP contribution in [0.2, 0.25) is 0 Å². The van der Waals surface area contributed by atoms with E-state index >= 15 is 0 Å². The molecule has 1 saturated heterocycles. The number of quaternary nitrogens is 1. The molecular formula is C16H22N3O+. The highest BCUT2D eigenvalue weighted by atomic mass is 16.1. The highest BCUT2D eigenvalue weighted by Gasteiger charge is 2.22. The first-order chi connectivity index (χ1) is 9.72. The molecule has 2 N–H and O–H groups in total. The Morgan fingerprint density at radius 2 is 2.00 bits per heavy atom. The molecule has 1 fully saturated rings. The lowest BCUT2D eigenvalue weighted by molar-refractivity contribution is -0.905. The number of amides is 1. The third kappa shape index (κ3) is 3.82. The van der Waals surface area contributed by atoms with Crippen LogP contribution in [0.4, 0.5) is 0 Å². The van der Waals surface area contributed by atoms with Crippen LogP contribution in [0.5, 0.6) is 0 Å². The Morgan fingerprint density at radius 1 is 1.35 bits per heavy atom. The van der Waals surface area contributed by atoms with E-state index in [0.29, 0.717) is 17.2 Å². The second kappa shape index (κ2) is 7.06. The summed E-state index contributed by atoms with van der Waals surface area (Å²) in [4.78, 5) is 13.8. The van der Waals surface area contributed by atoms with Gasteiger partial charge >= 0.3 is 0 Å². The van der Waals surface area contributed by atoms with Crippen molar-refractivity contribution >= 4 is 5.91 Å². The zero-order chi connectivity index (χ0) is 14.4. The van der Waals surface area contributed by atoms with Crippen molar-refractivity contribution in [1.29, 1.82) is 5.26 Å². The van der Waals surface area contributed by atoms with Crippen LogP contribution in [0.15, 0.2) is 24.3 Å². The summed E-state index contributed by atoms with van der Waals surface area (Å²) in [6.45, 7) is 5.74. The predicted octanol–water partition coefficient (Wildman–Crippen LogP) is 0.745. The summed E-state index contributed by atoms with van der Waals surface area (Å²) in [6.07, 6.45) is 3.33. The Bertz CT molecular complexity index is 481. The Labute approximate surface area is 120 Å². The highest BCUT2D eigenvalue weighted by Crippen LogP contribution is 2.06. The topological polar surface area (TPSA) is 57.3 Å². The number of rotatable bonds is 4. The van der Waals surface area contributed by atoms with Gasteiger partial charge in [0, 0.05) is 24.4 Å². The van der Waals surface area contributed by atoms with Crippen LogP contribution in [0, 0.1) is 11.3 Å². The molecule has 0 aliphatic carbocycles. The molecule has 0 radical (unpaired) electrons. The van der Waals surface area contributed by atoms with Gasteiger partial charge in [0.25, 0.3) is 5.91 Å². The van der Waals surface area contributed by atoms with Crippen molar-refractivity contribution in [1.82, 2.24) is 5.32 Å². The lowest BCUT2D eigenvalue weighted by Crippen LogP contribution is -3.13. The number of nitriles is 1. The molecule has 0 unspecified atom stereocenters. The van der Waals surface area contributed by atoms with Gasteiger partial charge in [-0.1, -0.05) is 6.92 Å². The molecule has 1 amide bonds. The number of carbonyl (C=O) groups excluding carboxylic acids is 1. The standard InChI is InChI=1S/C16H21N3O/c1-2-9-19-10-7-15(8-11-19)18-16(20)14-5-3-13(12-17)4-6-14/h3-6,15H,2,7-11H2,1H3,(H,18,20)/p+1. The first kappa shape index (κ1) is 14.5. The van der Waals surface area contributed by atoms with Gasteiger partial charge in [-0.2, -0.15) is 5.26 Å². The monoisotopic (exact) mass is 272 g/mol. The molecule has 1 aliphatic rings. The molecule has 4 nitrogen and oxygen atoms in total. The second-order valence-corrected chi connectivity index (χ2v) is 5.44. The molecule has 20 heavy (non-hydrogen) atoms. The molecule has 0 spiro atoms. The molecule has 0 atom stereocenters.